The third kappa shape index (κ3) is 4.92. The van der Waals surface area contributed by atoms with Crippen molar-refractivity contribution in [2.24, 2.45) is 11.7 Å². The average molecular weight is 353 g/mol. The van der Waals surface area contributed by atoms with E-state index in [0.29, 0.717) is 18.8 Å². The summed E-state index contributed by atoms with van der Waals surface area (Å²) in [6.07, 6.45) is 0. The Morgan fingerprint density at radius 3 is 2.31 bits per heavy atom. The summed E-state index contributed by atoms with van der Waals surface area (Å²) in [5, 5.41) is 2.97. The summed E-state index contributed by atoms with van der Waals surface area (Å²) in [5.74, 6) is -0.520. The fourth-order valence-corrected chi connectivity index (χ4v) is 2.81. The van der Waals surface area contributed by atoms with Gasteiger partial charge < -0.3 is 16.0 Å². The normalized spacial score (nSPS) is 12.9. The summed E-state index contributed by atoms with van der Waals surface area (Å²) >= 11 is 0. The van der Waals surface area contributed by atoms with E-state index in [1.165, 1.54) is 0 Å². The highest BCUT2D eigenvalue weighted by atomic mass is 16.2. The van der Waals surface area contributed by atoms with Crippen molar-refractivity contribution in [1.29, 1.82) is 0 Å². The van der Waals surface area contributed by atoms with Gasteiger partial charge in [-0.3, -0.25) is 9.59 Å². The number of hydrogen-bond acceptors (Lipinski definition) is 3. The number of nitrogens with two attached hydrogens (primary N) is 1. The third-order valence-electron chi connectivity index (χ3n) is 4.60. The fourth-order valence-electron chi connectivity index (χ4n) is 2.81. The van der Waals surface area contributed by atoms with Gasteiger partial charge in [0.05, 0.1) is 5.92 Å². The van der Waals surface area contributed by atoms with Crippen LogP contribution in [0, 0.1) is 5.92 Å². The molecule has 0 radical (unpaired) electrons. The van der Waals surface area contributed by atoms with Crippen molar-refractivity contribution in [3.8, 4) is 0 Å². The molecule has 0 bridgehead atoms. The van der Waals surface area contributed by atoms with Gasteiger partial charge in [-0.25, -0.2) is 0 Å². The lowest BCUT2D eigenvalue weighted by Gasteiger charge is -2.23. The lowest BCUT2D eigenvalue weighted by Crippen LogP contribution is -2.31. The Bertz CT molecular complexity index is 746. The maximum absolute atomic E-state index is 12.7. The van der Waals surface area contributed by atoms with Crippen LogP contribution in [0.2, 0.25) is 0 Å². The molecule has 5 heteroatoms. The first kappa shape index (κ1) is 19.7. The molecule has 0 saturated heterocycles. The number of carbonyl (C=O) groups is 2. The van der Waals surface area contributed by atoms with Crippen LogP contribution in [0.25, 0.3) is 0 Å². The molecule has 26 heavy (non-hydrogen) atoms. The van der Waals surface area contributed by atoms with Crippen LogP contribution < -0.4 is 11.1 Å². The van der Waals surface area contributed by atoms with E-state index >= 15 is 0 Å². The van der Waals surface area contributed by atoms with Gasteiger partial charge in [-0.1, -0.05) is 55.5 Å². The van der Waals surface area contributed by atoms with Gasteiger partial charge in [0.25, 0.3) is 0 Å². The van der Waals surface area contributed by atoms with Gasteiger partial charge in [-0.15, -0.1) is 0 Å². The lowest BCUT2D eigenvalue weighted by molar-refractivity contribution is -0.129. The van der Waals surface area contributed by atoms with Crippen LogP contribution in [-0.4, -0.2) is 23.3 Å². The number of hydrogen-bond donors (Lipinski definition) is 2. The molecular weight excluding hydrogens is 326 g/mol. The number of benzene rings is 2. The summed E-state index contributed by atoms with van der Waals surface area (Å²) in [5.41, 5.74) is 8.80. The Labute approximate surface area is 155 Å². The molecular formula is C21H27N3O2. The van der Waals surface area contributed by atoms with Crippen molar-refractivity contribution in [3.63, 3.8) is 0 Å². The molecule has 2 aromatic carbocycles. The summed E-state index contributed by atoms with van der Waals surface area (Å²) in [7, 11) is 0. The summed E-state index contributed by atoms with van der Waals surface area (Å²) in [6, 6.07) is 16.8. The maximum atomic E-state index is 12.7. The SMILES string of the molecule is CCN(Cc1ccccc1NC(=O)C(C)C(N)c1ccccc1)C(C)=O. The Hall–Kier alpha value is -2.66. The van der Waals surface area contributed by atoms with Crippen LogP contribution in [0.4, 0.5) is 5.69 Å². The van der Waals surface area contributed by atoms with E-state index in [2.05, 4.69) is 5.32 Å². The molecule has 0 aliphatic carbocycles. The molecule has 0 aliphatic heterocycles. The standard InChI is InChI=1S/C21H27N3O2/c1-4-24(16(3)25)14-18-12-8-9-13-19(18)23-21(26)15(2)20(22)17-10-6-5-7-11-17/h5-13,15,20H,4,14,22H2,1-3H3,(H,23,26). The predicted molar refractivity (Wildman–Crippen MR) is 104 cm³/mol. The lowest BCUT2D eigenvalue weighted by atomic mass is 9.94. The smallest absolute Gasteiger partial charge is 0.229 e. The Morgan fingerprint density at radius 1 is 1.08 bits per heavy atom. The topological polar surface area (TPSA) is 75.4 Å². The summed E-state index contributed by atoms with van der Waals surface area (Å²) in [6.45, 7) is 6.38. The van der Waals surface area contributed by atoms with E-state index in [1.54, 1.807) is 11.8 Å². The van der Waals surface area contributed by atoms with Crippen LogP contribution in [0.1, 0.15) is 37.9 Å². The second-order valence-electron chi connectivity index (χ2n) is 6.40. The van der Waals surface area contributed by atoms with Gasteiger partial charge in [-0.2, -0.15) is 0 Å². The molecule has 138 valence electrons. The first-order valence-electron chi connectivity index (χ1n) is 8.88. The van der Waals surface area contributed by atoms with Gasteiger partial charge in [0.2, 0.25) is 11.8 Å². The van der Waals surface area contributed by atoms with Gasteiger partial charge in [-0.05, 0) is 24.1 Å². The number of amides is 2. The van der Waals surface area contributed by atoms with Crippen LogP contribution >= 0.6 is 0 Å². The highest BCUT2D eigenvalue weighted by molar-refractivity contribution is 5.93. The zero-order valence-corrected chi connectivity index (χ0v) is 15.6. The van der Waals surface area contributed by atoms with E-state index < -0.39 is 0 Å². The van der Waals surface area contributed by atoms with E-state index in [-0.39, 0.29) is 23.8 Å². The highest BCUT2D eigenvalue weighted by Gasteiger charge is 2.23. The summed E-state index contributed by atoms with van der Waals surface area (Å²) in [4.78, 5) is 26.1. The monoisotopic (exact) mass is 353 g/mol. The van der Waals surface area contributed by atoms with E-state index in [1.807, 2.05) is 68.4 Å². The molecule has 2 atom stereocenters. The van der Waals surface area contributed by atoms with Crippen LogP contribution in [0.3, 0.4) is 0 Å². The van der Waals surface area contributed by atoms with Gasteiger partial charge in [0, 0.05) is 31.7 Å². The largest absolute Gasteiger partial charge is 0.339 e. The second-order valence-corrected chi connectivity index (χ2v) is 6.40. The third-order valence-corrected chi connectivity index (χ3v) is 4.60. The van der Waals surface area contributed by atoms with Gasteiger partial charge in [0.1, 0.15) is 0 Å². The second kappa shape index (κ2) is 9.15. The zero-order valence-electron chi connectivity index (χ0n) is 15.6. The number of nitrogens with one attached hydrogen (secondary N) is 1. The Kier molecular flexibility index (Phi) is 6.92. The van der Waals surface area contributed by atoms with Crippen molar-refractivity contribution in [2.75, 3.05) is 11.9 Å². The molecule has 3 N–H and O–H groups in total. The molecule has 0 aromatic heterocycles. The van der Waals surface area contributed by atoms with Crippen molar-refractivity contribution < 1.29 is 9.59 Å². The highest BCUT2D eigenvalue weighted by Crippen LogP contribution is 2.23. The number of rotatable bonds is 7. The molecule has 0 aliphatic rings. The number of para-hydroxylation sites is 1. The molecule has 2 unspecified atom stereocenters. The van der Waals surface area contributed by atoms with Crippen molar-refractivity contribution >= 4 is 17.5 Å². The average Bonchev–Trinajstić information content (AvgIpc) is 2.66. The molecule has 0 saturated carbocycles. The van der Waals surface area contributed by atoms with Crippen LogP contribution in [-0.2, 0) is 16.1 Å². The summed E-state index contributed by atoms with van der Waals surface area (Å²) < 4.78 is 0. The van der Waals surface area contributed by atoms with E-state index in [4.69, 9.17) is 5.73 Å². The number of anilines is 1. The van der Waals surface area contributed by atoms with Crippen LogP contribution in [0.5, 0.6) is 0 Å². The fraction of sp³-hybridized carbons (Fsp3) is 0.333. The van der Waals surface area contributed by atoms with Gasteiger partial charge >= 0.3 is 0 Å². The van der Waals surface area contributed by atoms with E-state index in [9.17, 15) is 9.59 Å². The minimum atomic E-state index is -0.388. The number of nitrogens with zero attached hydrogens (tertiary/aromatic N) is 1. The Balaban J connectivity index is 2.12. The van der Waals surface area contributed by atoms with Crippen molar-refractivity contribution in [1.82, 2.24) is 4.90 Å². The van der Waals surface area contributed by atoms with Crippen molar-refractivity contribution in [3.05, 3.63) is 65.7 Å². The molecule has 0 fully saturated rings. The van der Waals surface area contributed by atoms with E-state index in [0.717, 1.165) is 11.1 Å². The Morgan fingerprint density at radius 2 is 1.69 bits per heavy atom. The van der Waals surface area contributed by atoms with Crippen LogP contribution in [0.15, 0.2) is 54.6 Å². The maximum Gasteiger partial charge on any atom is 0.229 e. The zero-order chi connectivity index (χ0) is 19.1. The number of carbonyl (C=O) groups excluding carboxylic acids is 2. The first-order chi connectivity index (χ1) is 12.4. The van der Waals surface area contributed by atoms with Crippen molar-refractivity contribution in [2.45, 2.75) is 33.4 Å². The molecule has 0 spiro atoms. The molecule has 2 aromatic rings. The molecule has 0 heterocycles. The van der Waals surface area contributed by atoms with Gasteiger partial charge in [0.15, 0.2) is 0 Å². The quantitative estimate of drug-likeness (QED) is 0.802. The predicted octanol–water partition coefficient (Wildman–Crippen LogP) is 3.33. The minimum Gasteiger partial charge on any atom is -0.339 e. The molecule has 2 amide bonds. The molecule has 2 rings (SSSR count). The first-order valence-corrected chi connectivity index (χ1v) is 8.88. The minimum absolute atomic E-state index is 0.00750. The molecule has 5 nitrogen and oxygen atoms in total.